The van der Waals surface area contributed by atoms with Crippen LogP contribution in [0.5, 0.6) is 11.5 Å². The van der Waals surface area contributed by atoms with Gasteiger partial charge in [0.2, 0.25) is 0 Å². The number of piperazine rings is 1. The van der Waals surface area contributed by atoms with Gasteiger partial charge in [0.25, 0.3) is 0 Å². The zero-order chi connectivity index (χ0) is 16.2. The van der Waals surface area contributed by atoms with Crippen LogP contribution in [-0.2, 0) is 6.54 Å². The summed E-state index contributed by atoms with van der Waals surface area (Å²) < 4.78 is 10.7. The highest BCUT2D eigenvalue weighted by Crippen LogP contribution is 2.36. The van der Waals surface area contributed by atoms with Crippen molar-refractivity contribution >= 4 is 11.6 Å². The van der Waals surface area contributed by atoms with Crippen molar-refractivity contribution in [2.75, 3.05) is 53.5 Å². The number of nitrogens with zero attached hydrogens (tertiary/aromatic N) is 2. The molecular weight excluding hydrogens is 314 g/mol. The average molecular weight is 340 g/mol. The Morgan fingerprint density at radius 3 is 2.65 bits per heavy atom. The molecule has 1 aromatic carbocycles. The van der Waals surface area contributed by atoms with Crippen LogP contribution in [0.25, 0.3) is 0 Å². The van der Waals surface area contributed by atoms with Crippen molar-refractivity contribution in [2.45, 2.75) is 19.0 Å². The number of nitrogens with one attached hydrogen (secondary N) is 1. The molecule has 0 aliphatic carbocycles. The van der Waals surface area contributed by atoms with Crippen molar-refractivity contribution in [3.8, 4) is 11.5 Å². The highest BCUT2D eigenvalue weighted by Gasteiger charge is 2.28. The van der Waals surface area contributed by atoms with Gasteiger partial charge in [0.15, 0.2) is 11.5 Å². The van der Waals surface area contributed by atoms with Gasteiger partial charge in [0, 0.05) is 51.9 Å². The van der Waals surface area contributed by atoms with Gasteiger partial charge in [-0.3, -0.25) is 9.80 Å². The van der Waals surface area contributed by atoms with E-state index in [4.69, 9.17) is 21.1 Å². The zero-order valence-corrected chi connectivity index (χ0v) is 14.7. The summed E-state index contributed by atoms with van der Waals surface area (Å²) in [5.41, 5.74) is 1.17. The molecule has 23 heavy (non-hydrogen) atoms. The number of rotatable bonds is 5. The number of hydrogen-bond acceptors (Lipinski definition) is 5. The molecule has 5 nitrogen and oxygen atoms in total. The van der Waals surface area contributed by atoms with Crippen molar-refractivity contribution < 1.29 is 9.47 Å². The summed E-state index contributed by atoms with van der Waals surface area (Å²) in [6, 6.07) is 4.71. The molecule has 1 unspecified atom stereocenters. The molecule has 2 aliphatic rings. The first-order valence-corrected chi connectivity index (χ1v) is 8.66. The predicted molar refractivity (Wildman–Crippen MR) is 92.7 cm³/mol. The van der Waals surface area contributed by atoms with Crippen molar-refractivity contribution in [3.05, 3.63) is 22.7 Å². The predicted octanol–water partition coefficient (Wildman–Crippen LogP) is 1.84. The van der Waals surface area contributed by atoms with E-state index in [9.17, 15) is 0 Å². The minimum atomic E-state index is 0.609. The van der Waals surface area contributed by atoms with Crippen LogP contribution in [0.3, 0.4) is 0 Å². The molecule has 0 amide bonds. The Hall–Kier alpha value is -1.01. The molecule has 1 atom stereocenters. The van der Waals surface area contributed by atoms with Crippen LogP contribution in [-0.4, -0.2) is 69.3 Å². The second kappa shape index (κ2) is 7.71. The summed E-state index contributed by atoms with van der Waals surface area (Å²) in [4.78, 5) is 5.13. The molecule has 1 N–H and O–H groups in total. The second-order valence-corrected chi connectivity index (χ2v) is 6.68. The van der Waals surface area contributed by atoms with Crippen LogP contribution in [0, 0.1) is 0 Å². The lowest BCUT2D eigenvalue weighted by Crippen LogP contribution is -2.49. The third kappa shape index (κ3) is 3.91. The molecule has 2 aliphatic heterocycles. The summed E-state index contributed by atoms with van der Waals surface area (Å²) >= 11 is 6.31. The van der Waals surface area contributed by atoms with E-state index >= 15 is 0 Å². The van der Waals surface area contributed by atoms with Crippen LogP contribution in [0.15, 0.2) is 12.1 Å². The van der Waals surface area contributed by atoms with Crippen LogP contribution in [0.1, 0.15) is 12.0 Å². The summed E-state index contributed by atoms with van der Waals surface area (Å²) in [6.45, 7) is 7.74. The van der Waals surface area contributed by atoms with Crippen molar-refractivity contribution in [1.29, 1.82) is 0 Å². The molecule has 1 aromatic rings. The lowest BCUT2D eigenvalue weighted by Gasteiger charge is -2.32. The molecule has 0 saturated carbocycles. The molecule has 0 spiro atoms. The van der Waals surface area contributed by atoms with Crippen LogP contribution >= 0.6 is 11.6 Å². The molecule has 6 heteroatoms. The molecule has 2 saturated heterocycles. The van der Waals surface area contributed by atoms with E-state index in [1.165, 1.54) is 25.1 Å². The summed E-state index contributed by atoms with van der Waals surface area (Å²) in [5.74, 6) is 1.31. The molecule has 3 rings (SSSR count). The Morgan fingerprint density at radius 2 is 1.96 bits per heavy atom. The monoisotopic (exact) mass is 339 g/mol. The van der Waals surface area contributed by atoms with Crippen LogP contribution in [0.2, 0.25) is 5.02 Å². The van der Waals surface area contributed by atoms with E-state index in [2.05, 4.69) is 15.1 Å². The zero-order valence-electron chi connectivity index (χ0n) is 14.0. The second-order valence-electron chi connectivity index (χ2n) is 6.28. The largest absolute Gasteiger partial charge is 0.493 e. The maximum Gasteiger partial charge on any atom is 0.179 e. The standard InChI is InChI=1S/C17H26ClN3O2/c1-22-16-10-13(9-15(18)17(16)23-2)11-20-6-3-14(12-20)21-7-4-19-5-8-21/h9-10,14,19H,3-8,11-12H2,1-2H3. The van der Waals surface area contributed by atoms with E-state index in [1.807, 2.05) is 12.1 Å². The number of methoxy groups -OCH3 is 2. The van der Waals surface area contributed by atoms with Gasteiger partial charge in [-0.1, -0.05) is 11.6 Å². The molecule has 0 radical (unpaired) electrons. The maximum absolute atomic E-state index is 6.31. The number of benzene rings is 1. The third-order valence-corrected chi connectivity index (χ3v) is 5.10. The van der Waals surface area contributed by atoms with E-state index in [0.29, 0.717) is 22.6 Å². The van der Waals surface area contributed by atoms with Crippen LogP contribution in [0.4, 0.5) is 0 Å². The van der Waals surface area contributed by atoms with Gasteiger partial charge in [-0.25, -0.2) is 0 Å². The number of ether oxygens (including phenoxy) is 2. The summed E-state index contributed by atoms with van der Waals surface area (Å²) in [5, 5.41) is 4.03. The van der Waals surface area contributed by atoms with E-state index in [-0.39, 0.29) is 0 Å². The van der Waals surface area contributed by atoms with E-state index < -0.39 is 0 Å². The van der Waals surface area contributed by atoms with Crippen molar-refractivity contribution in [3.63, 3.8) is 0 Å². The molecule has 0 aromatic heterocycles. The van der Waals surface area contributed by atoms with Crippen molar-refractivity contribution in [1.82, 2.24) is 15.1 Å². The molecule has 2 fully saturated rings. The number of hydrogen-bond donors (Lipinski definition) is 1. The maximum atomic E-state index is 6.31. The quantitative estimate of drug-likeness (QED) is 0.886. The number of halogens is 1. The first kappa shape index (κ1) is 16.8. The average Bonchev–Trinajstić information content (AvgIpc) is 3.03. The molecule has 0 bridgehead atoms. The SMILES string of the molecule is COc1cc(CN2CCC(N3CCNCC3)C2)cc(Cl)c1OC. The fraction of sp³-hybridized carbons (Fsp3) is 0.647. The van der Waals surface area contributed by atoms with Gasteiger partial charge >= 0.3 is 0 Å². The smallest absolute Gasteiger partial charge is 0.179 e. The molecule has 128 valence electrons. The first-order valence-electron chi connectivity index (χ1n) is 8.28. The van der Waals surface area contributed by atoms with Gasteiger partial charge in [0.05, 0.1) is 19.2 Å². The van der Waals surface area contributed by atoms with Crippen LogP contribution < -0.4 is 14.8 Å². The van der Waals surface area contributed by atoms with Gasteiger partial charge in [-0.05, 0) is 24.1 Å². The highest BCUT2D eigenvalue weighted by atomic mass is 35.5. The van der Waals surface area contributed by atoms with Gasteiger partial charge in [0.1, 0.15) is 0 Å². The first-order chi connectivity index (χ1) is 11.2. The van der Waals surface area contributed by atoms with E-state index in [1.54, 1.807) is 14.2 Å². The fourth-order valence-corrected chi connectivity index (χ4v) is 3.93. The Kier molecular flexibility index (Phi) is 5.64. The Labute approximate surface area is 143 Å². The summed E-state index contributed by atoms with van der Waals surface area (Å²) in [7, 11) is 3.26. The topological polar surface area (TPSA) is 37.0 Å². The molecule has 2 heterocycles. The minimum absolute atomic E-state index is 0.609. The Bertz CT molecular complexity index is 535. The van der Waals surface area contributed by atoms with Crippen molar-refractivity contribution in [2.24, 2.45) is 0 Å². The van der Waals surface area contributed by atoms with Gasteiger partial charge < -0.3 is 14.8 Å². The summed E-state index contributed by atoms with van der Waals surface area (Å²) in [6.07, 6.45) is 1.25. The highest BCUT2D eigenvalue weighted by molar-refractivity contribution is 6.32. The lowest BCUT2D eigenvalue weighted by molar-refractivity contribution is 0.170. The molecular formula is C17H26ClN3O2. The van der Waals surface area contributed by atoms with E-state index in [0.717, 1.165) is 32.7 Å². The minimum Gasteiger partial charge on any atom is -0.493 e. The number of likely N-dealkylation sites (tertiary alicyclic amines) is 1. The lowest BCUT2D eigenvalue weighted by atomic mass is 10.2. The Balaban J connectivity index is 1.62. The van der Waals surface area contributed by atoms with Gasteiger partial charge in [-0.15, -0.1) is 0 Å². The third-order valence-electron chi connectivity index (χ3n) is 4.82. The normalized spacial score (nSPS) is 23.2. The fourth-order valence-electron chi connectivity index (χ4n) is 3.62. The van der Waals surface area contributed by atoms with Gasteiger partial charge in [-0.2, -0.15) is 0 Å². The Morgan fingerprint density at radius 1 is 1.17 bits per heavy atom.